The molecule has 0 atom stereocenters. The standard InChI is InChI=1S/CH4O.H2S.Zn/c1-2;;/h2H,1H3;1H2;/p-1. The van der Waals surface area contributed by atoms with E-state index in [9.17, 15) is 0 Å². The van der Waals surface area contributed by atoms with Crippen LogP contribution in [0.1, 0.15) is 0 Å². The van der Waals surface area contributed by atoms with Gasteiger partial charge in [0.15, 0.2) is 0 Å². The van der Waals surface area contributed by atoms with Gasteiger partial charge in [0, 0.05) is 26.6 Å². The molecule has 0 saturated heterocycles. The minimum atomic E-state index is 0. The third-order valence-corrected chi connectivity index (χ3v) is 0. The van der Waals surface area contributed by atoms with E-state index in [1.54, 1.807) is 0 Å². The molecule has 3 heteroatoms. The van der Waals surface area contributed by atoms with Crippen molar-refractivity contribution in [1.82, 2.24) is 0 Å². The maximum Gasteiger partial charge on any atom is 0.0319 e. The summed E-state index contributed by atoms with van der Waals surface area (Å²) in [6, 6.07) is 0. The molecule has 0 aliphatic carbocycles. The van der Waals surface area contributed by atoms with Gasteiger partial charge in [-0.15, -0.1) is 0 Å². The molecular formula is CH5OSZn-. The number of rotatable bonds is 0. The molecule has 0 aromatic rings. The topological polar surface area (TPSA) is 20.2 Å². The van der Waals surface area contributed by atoms with E-state index in [-0.39, 0.29) is 33.0 Å². The van der Waals surface area contributed by atoms with Gasteiger partial charge in [0.05, 0.1) is 0 Å². The van der Waals surface area contributed by atoms with Crippen molar-refractivity contribution in [3.05, 3.63) is 0 Å². The summed E-state index contributed by atoms with van der Waals surface area (Å²) in [7, 11) is 1.00. The number of hydrogen-bond donors (Lipinski definition) is 1. The van der Waals surface area contributed by atoms with Gasteiger partial charge in [-0.3, -0.25) is 0 Å². The van der Waals surface area contributed by atoms with Crippen molar-refractivity contribution >= 4 is 13.5 Å². The van der Waals surface area contributed by atoms with Crippen LogP contribution in [0.3, 0.4) is 0 Å². The van der Waals surface area contributed by atoms with E-state index >= 15 is 0 Å². The van der Waals surface area contributed by atoms with E-state index in [0.29, 0.717) is 0 Å². The Balaban J connectivity index is -0.00000000500. The smallest absolute Gasteiger partial charge is 0.0319 e. The molecule has 0 aliphatic rings. The molecular weight excluding hydrogens is 125 g/mol. The largest absolute Gasteiger partial charge is 0.813 e. The predicted octanol–water partition coefficient (Wildman–Crippen LogP) is -0.664. The molecule has 0 aliphatic heterocycles. The van der Waals surface area contributed by atoms with Gasteiger partial charge in [-0.1, -0.05) is 0 Å². The van der Waals surface area contributed by atoms with Crippen molar-refractivity contribution in [2.45, 2.75) is 0 Å². The molecule has 4 heavy (non-hydrogen) atoms. The first-order chi connectivity index (χ1) is 1.00. The molecule has 0 radical (unpaired) electrons. The fraction of sp³-hybridized carbons (Fsp3) is 1.00. The summed E-state index contributed by atoms with van der Waals surface area (Å²) in [4.78, 5) is 0. The van der Waals surface area contributed by atoms with E-state index in [1.165, 1.54) is 0 Å². The van der Waals surface area contributed by atoms with E-state index < -0.39 is 0 Å². The molecule has 24 valence electrons. The van der Waals surface area contributed by atoms with Crippen LogP contribution in [-0.4, -0.2) is 12.2 Å². The molecule has 0 fully saturated rings. The Hall–Kier alpha value is 0.933. The zero-order chi connectivity index (χ0) is 2.00. The number of aliphatic hydroxyl groups excluding tert-OH is 1. The Morgan fingerprint density at radius 3 is 1.25 bits per heavy atom. The maximum atomic E-state index is 7.00. The molecule has 1 nitrogen and oxygen atoms in total. The summed E-state index contributed by atoms with van der Waals surface area (Å²) in [5, 5.41) is 7.00. The minimum absolute atomic E-state index is 0. The SMILES string of the molecule is CO.[SH-].[Zn]. The molecule has 0 aromatic heterocycles. The molecule has 0 unspecified atom stereocenters. The third-order valence-electron chi connectivity index (χ3n) is 0. The van der Waals surface area contributed by atoms with Gasteiger partial charge >= 0.3 is 0 Å². The van der Waals surface area contributed by atoms with Crippen LogP contribution in [0.5, 0.6) is 0 Å². The predicted molar refractivity (Wildman–Crippen MR) is 16.9 cm³/mol. The van der Waals surface area contributed by atoms with E-state index in [4.69, 9.17) is 5.11 Å². The first kappa shape index (κ1) is 20.4. The zero-order valence-electron chi connectivity index (χ0n) is 2.60. The summed E-state index contributed by atoms with van der Waals surface area (Å²) < 4.78 is 0. The summed E-state index contributed by atoms with van der Waals surface area (Å²) in [5.41, 5.74) is 0. The summed E-state index contributed by atoms with van der Waals surface area (Å²) in [5.74, 6) is 0. The average Bonchev–Trinajstić information content (AvgIpc) is 1.00. The fourth-order valence-electron chi connectivity index (χ4n) is 0. The second kappa shape index (κ2) is 38.8. The Morgan fingerprint density at radius 2 is 1.25 bits per heavy atom. The van der Waals surface area contributed by atoms with Crippen molar-refractivity contribution in [3.8, 4) is 0 Å². The number of hydrogen-bond acceptors (Lipinski definition) is 2. The van der Waals surface area contributed by atoms with Crippen molar-refractivity contribution in [3.63, 3.8) is 0 Å². The van der Waals surface area contributed by atoms with Crippen LogP contribution in [0.4, 0.5) is 0 Å². The summed E-state index contributed by atoms with van der Waals surface area (Å²) in [6.45, 7) is 0. The molecule has 0 heterocycles. The Morgan fingerprint density at radius 1 is 1.25 bits per heavy atom. The molecule has 0 rings (SSSR count). The second-order valence-corrected chi connectivity index (χ2v) is 0. The van der Waals surface area contributed by atoms with Crippen molar-refractivity contribution in [2.24, 2.45) is 0 Å². The second-order valence-electron chi connectivity index (χ2n) is 0. The van der Waals surface area contributed by atoms with Crippen LogP contribution < -0.4 is 0 Å². The number of aliphatic hydroxyl groups is 1. The average molecular weight is 131 g/mol. The maximum absolute atomic E-state index is 7.00. The van der Waals surface area contributed by atoms with Crippen LogP contribution >= 0.6 is 0 Å². The molecule has 0 bridgehead atoms. The molecule has 0 spiro atoms. The van der Waals surface area contributed by atoms with Gasteiger partial charge < -0.3 is 18.6 Å². The van der Waals surface area contributed by atoms with Crippen molar-refractivity contribution in [1.29, 1.82) is 0 Å². The molecule has 0 amide bonds. The first-order valence-electron chi connectivity index (χ1n) is 0.447. The van der Waals surface area contributed by atoms with Gasteiger partial charge in [-0.25, -0.2) is 0 Å². The van der Waals surface area contributed by atoms with Crippen LogP contribution in [0.2, 0.25) is 0 Å². The van der Waals surface area contributed by atoms with Crippen molar-refractivity contribution in [2.75, 3.05) is 7.11 Å². The minimum Gasteiger partial charge on any atom is -0.813 e. The van der Waals surface area contributed by atoms with Crippen LogP contribution in [0.25, 0.3) is 0 Å². The van der Waals surface area contributed by atoms with Gasteiger partial charge in [-0.2, -0.15) is 0 Å². The van der Waals surface area contributed by atoms with Gasteiger partial charge in [0.25, 0.3) is 0 Å². The quantitative estimate of drug-likeness (QED) is 0.267. The first-order valence-corrected chi connectivity index (χ1v) is 0.447. The van der Waals surface area contributed by atoms with Gasteiger partial charge in [0.2, 0.25) is 0 Å². The third kappa shape index (κ3) is 12.6. The molecule has 0 aromatic carbocycles. The zero-order valence-corrected chi connectivity index (χ0v) is 6.46. The van der Waals surface area contributed by atoms with Crippen LogP contribution in [0, 0.1) is 0 Å². The fourth-order valence-corrected chi connectivity index (χ4v) is 0. The Labute approximate surface area is 45.6 Å². The normalized spacial score (nSPS) is 1.50. The van der Waals surface area contributed by atoms with Gasteiger partial charge in [0.1, 0.15) is 0 Å². The number of thiol groups is 1. The van der Waals surface area contributed by atoms with E-state index in [0.717, 1.165) is 7.11 Å². The van der Waals surface area contributed by atoms with Gasteiger partial charge in [-0.05, 0) is 0 Å². The van der Waals surface area contributed by atoms with Crippen LogP contribution in [0.15, 0.2) is 0 Å². The van der Waals surface area contributed by atoms with Crippen molar-refractivity contribution < 1.29 is 24.6 Å². The monoisotopic (exact) mass is 129 g/mol. The van der Waals surface area contributed by atoms with E-state index in [1.807, 2.05) is 0 Å². The van der Waals surface area contributed by atoms with Crippen LogP contribution in [-0.2, 0) is 33.0 Å². The van der Waals surface area contributed by atoms with E-state index in [2.05, 4.69) is 0 Å². The summed E-state index contributed by atoms with van der Waals surface area (Å²) >= 11 is 0. The Kier molecular flexibility index (Phi) is 198. The molecule has 1 N–H and O–H groups in total. The molecule has 0 saturated carbocycles. The summed E-state index contributed by atoms with van der Waals surface area (Å²) in [6.07, 6.45) is 0. The Bertz CT molecular complexity index is 8.00.